The van der Waals surface area contributed by atoms with Crippen LogP contribution >= 0.6 is 15.9 Å². The third kappa shape index (κ3) is 3.14. The van der Waals surface area contributed by atoms with E-state index in [0.29, 0.717) is 13.0 Å². The van der Waals surface area contributed by atoms with E-state index in [4.69, 9.17) is 4.74 Å². The Morgan fingerprint density at radius 2 is 2.06 bits per heavy atom. The molecule has 0 N–H and O–H groups in total. The Balaban J connectivity index is 2.04. The molecule has 98 valence electrons. The Morgan fingerprint density at radius 1 is 1.39 bits per heavy atom. The van der Waals surface area contributed by atoms with Crippen LogP contribution in [0.15, 0.2) is 16.6 Å². The van der Waals surface area contributed by atoms with Gasteiger partial charge in [-0.3, -0.25) is 4.79 Å². The summed E-state index contributed by atoms with van der Waals surface area (Å²) in [6, 6.07) is 2.20. The molecule has 1 fully saturated rings. The van der Waals surface area contributed by atoms with Gasteiger partial charge < -0.3 is 4.74 Å². The second-order valence-corrected chi connectivity index (χ2v) is 5.26. The molecule has 0 radical (unpaired) electrons. The molecule has 18 heavy (non-hydrogen) atoms. The minimum absolute atomic E-state index is 0.0514. The van der Waals surface area contributed by atoms with Gasteiger partial charge in [0.15, 0.2) is 5.78 Å². The first-order chi connectivity index (χ1) is 8.58. The van der Waals surface area contributed by atoms with Gasteiger partial charge in [0.1, 0.15) is 11.6 Å². The maximum Gasteiger partial charge on any atom is 0.168 e. The van der Waals surface area contributed by atoms with E-state index in [1.54, 1.807) is 0 Å². The summed E-state index contributed by atoms with van der Waals surface area (Å²) >= 11 is 2.98. The highest BCUT2D eigenvalue weighted by Gasteiger charge is 2.21. The fourth-order valence-corrected chi connectivity index (χ4v) is 2.50. The lowest BCUT2D eigenvalue weighted by atomic mass is 10.0. The molecule has 2 nitrogen and oxygen atoms in total. The summed E-state index contributed by atoms with van der Waals surface area (Å²) in [6.45, 7) is 0.708. The van der Waals surface area contributed by atoms with Crippen molar-refractivity contribution >= 4 is 21.7 Å². The van der Waals surface area contributed by atoms with Gasteiger partial charge in [0.2, 0.25) is 0 Å². The van der Waals surface area contributed by atoms with Crippen LogP contribution in [0, 0.1) is 11.6 Å². The SMILES string of the molecule is O=C(CCC1CCCO1)c1c(F)cc(Br)cc1F. The summed E-state index contributed by atoms with van der Waals surface area (Å²) in [7, 11) is 0. The number of ether oxygens (including phenoxy) is 1. The molecule has 0 aromatic heterocycles. The number of hydrogen-bond acceptors (Lipinski definition) is 2. The molecule has 1 heterocycles. The zero-order valence-corrected chi connectivity index (χ0v) is 11.3. The number of benzene rings is 1. The van der Waals surface area contributed by atoms with Crippen LogP contribution in [0.4, 0.5) is 8.78 Å². The Labute approximate surface area is 112 Å². The van der Waals surface area contributed by atoms with E-state index < -0.39 is 23.0 Å². The van der Waals surface area contributed by atoms with Gasteiger partial charge in [-0.05, 0) is 31.4 Å². The quantitative estimate of drug-likeness (QED) is 0.788. The van der Waals surface area contributed by atoms with Gasteiger partial charge in [-0.25, -0.2) is 8.78 Å². The predicted octanol–water partition coefficient (Wildman–Crippen LogP) is 3.87. The van der Waals surface area contributed by atoms with Crippen molar-refractivity contribution in [1.29, 1.82) is 0 Å². The van der Waals surface area contributed by atoms with Crippen molar-refractivity contribution in [3.63, 3.8) is 0 Å². The highest BCUT2D eigenvalue weighted by atomic mass is 79.9. The van der Waals surface area contributed by atoms with Gasteiger partial charge in [-0.1, -0.05) is 15.9 Å². The minimum atomic E-state index is -0.820. The number of halogens is 3. The summed E-state index contributed by atoms with van der Waals surface area (Å²) in [6.07, 6.45) is 2.59. The summed E-state index contributed by atoms with van der Waals surface area (Å²) in [5.74, 6) is -2.15. The molecule has 5 heteroatoms. The van der Waals surface area contributed by atoms with Crippen LogP contribution in [0.1, 0.15) is 36.0 Å². The van der Waals surface area contributed by atoms with Gasteiger partial charge in [0, 0.05) is 17.5 Å². The molecule has 2 rings (SSSR count). The van der Waals surface area contributed by atoms with Crippen molar-refractivity contribution in [2.75, 3.05) is 6.61 Å². The second kappa shape index (κ2) is 5.89. The smallest absolute Gasteiger partial charge is 0.168 e. The van der Waals surface area contributed by atoms with E-state index in [1.807, 2.05) is 0 Å². The Bertz CT molecular complexity index is 433. The first-order valence-electron chi connectivity index (χ1n) is 5.87. The normalized spacial score (nSPS) is 19.2. The molecule has 1 aromatic carbocycles. The number of rotatable bonds is 4. The summed E-state index contributed by atoms with van der Waals surface area (Å²) in [4.78, 5) is 11.8. The summed E-state index contributed by atoms with van der Waals surface area (Å²) in [5, 5.41) is 0. The lowest BCUT2D eigenvalue weighted by molar-refractivity contribution is 0.0853. The average molecular weight is 319 g/mol. The van der Waals surface area contributed by atoms with Gasteiger partial charge in [-0.2, -0.15) is 0 Å². The minimum Gasteiger partial charge on any atom is -0.378 e. The molecular weight excluding hydrogens is 306 g/mol. The number of ketones is 1. The van der Waals surface area contributed by atoms with E-state index in [1.165, 1.54) is 0 Å². The van der Waals surface area contributed by atoms with Crippen LogP contribution in [0.2, 0.25) is 0 Å². The van der Waals surface area contributed by atoms with E-state index in [9.17, 15) is 13.6 Å². The average Bonchev–Trinajstić information content (AvgIpc) is 2.77. The van der Waals surface area contributed by atoms with Crippen molar-refractivity contribution in [3.8, 4) is 0 Å². The van der Waals surface area contributed by atoms with Crippen molar-refractivity contribution in [2.45, 2.75) is 31.8 Å². The van der Waals surface area contributed by atoms with Crippen molar-refractivity contribution in [2.24, 2.45) is 0 Å². The molecule has 0 aliphatic carbocycles. The largest absolute Gasteiger partial charge is 0.378 e. The second-order valence-electron chi connectivity index (χ2n) is 4.34. The van der Waals surface area contributed by atoms with Crippen LogP contribution in [0.25, 0.3) is 0 Å². The van der Waals surface area contributed by atoms with Crippen LogP contribution in [-0.2, 0) is 4.74 Å². The fraction of sp³-hybridized carbons (Fsp3) is 0.462. The molecule has 1 aliphatic heterocycles. The number of Topliss-reactive ketones (excluding diaryl/α,β-unsaturated/α-hetero) is 1. The molecule has 1 aliphatic rings. The van der Waals surface area contributed by atoms with E-state index >= 15 is 0 Å². The molecule has 0 saturated carbocycles. The lowest BCUT2D eigenvalue weighted by Crippen LogP contribution is -2.11. The van der Waals surface area contributed by atoms with Gasteiger partial charge in [-0.15, -0.1) is 0 Å². The third-order valence-electron chi connectivity index (χ3n) is 3.00. The third-order valence-corrected chi connectivity index (χ3v) is 3.46. The topological polar surface area (TPSA) is 26.3 Å². The first-order valence-corrected chi connectivity index (χ1v) is 6.66. The maximum atomic E-state index is 13.5. The van der Waals surface area contributed by atoms with E-state index in [-0.39, 0.29) is 17.0 Å². The predicted molar refractivity (Wildman–Crippen MR) is 66.6 cm³/mol. The number of hydrogen-bond donors (Lipinski definition) is 0. The van der Waals surface area contributed by atoms with E-state index in [2.05, 4.69) is 15.9 Å². The van der Waals surface area contributed by atoms with Gasteiger partial charge in [0.25, 0.3) is 0 Å². The molecule has 0 amide bonds. The Kier molecular flexibility index (Phi) is 4.45. The van der Waals surface area contributed by atoms with Crippen molar-refractivity contribution < 1.29 is 18.3 Å². The van der Waals surface area contributed by atoms with E-state index in [0.717, 1.165) is 25.0 Å². The van der Waals surface area contributed by atoms with Gasteiger partial charge >= 0.3 is 0 Å². The monoisotopic (exact) mass is 318 g/mol. The molecular formula is C13H13BrF2O2. The fourth-order valence-electron chi connectivity index (χ4n) is 2.10. The maximum absolute atomic E-state index is 13.5. The standard InChI is InChI=1S/C13H13BrF2O2/c14-8-6-10(15)13(11(16)7-8)12(17)4-3-9-2-1-5-18-9/h6-7,9H,1-5H2. The zero-order chi connectivity index (χ0) is 13.1. The molecule has 1 aromatic rings. The zero-order valence-electron chi connectivity index (χ0n) is 9.72. The van der Waals surface area contributed by atoms with Crippen LogP contribution in [0.3, 0.4) is 0 Å². The lowest BCUT2D eigenvalue weighted by Gasteiger charge is -2.09. The Hall–Kier alpha value is -0.810. The molecule has 0 spiro atoms. The molecule has 1 unspecified atom stereocenters. The van der Waals surface area contributed by atoms with Crippen LogP contribution in [-0.4, -0.2) is 18.5 Å². The van der Waals surface area contributed by atoms with Crippen LogP contribution < -0.4 is 0 Å². The molecule has 1 saturated heterocycles. The van der Waals surface area contributed by atoms with Crippen molar-refractivity contribution in [3.05, 3.63) is 33.8 Å². The Morgan fingerprint density at radius 3 is 2.61 bits per heavy atom. The highest BCUT2D eigenvalue weighted by molar-refractivity contribution is 9.10. The number of carbonyl (C=O) groups excluding carboxylic acids is 1. The highest BCUT2D eigenvalue weighted by Crippen LogP contribution is 2.23. The van der Waals surface area contributed by atoms with Crippen LogP contribution in [0.5, 0.6) is 0 Å². The summed E-state index contributed by atoms with van der Waals surface area (Å²) in [5.41, 5.74) is -0.448. The number of carbonyl (C=O) groups is 1. The summed E-state index contributed by atoms with van der Waals surface area (Å²) < 4.78 is 32.7. The van der Waals surface area contributed by atoms with Gasteiger partial charge in [0.05, 0.1) is 11.7 Å². The molecule has 0 bridgehead atoms. The van der Waals surface area contributed by atoms with Crippen molar-refractivity contribution in [1.82, 2.24) is 0 Å². The molecule has 1 atom stereocenters. The first kappa shape index (κ1) is 13.6.